The summed E-state index contributed by atoms with van der Waals surface area (Å²) in [6.45, 7) is 0. The second kappa shape index (κ2) is 5.98. The monoisotopic (exact) mass is 425 g/mol. The van der Waals surface area contributed by atoms with Gasteiger partial charge in [0.25, 0.3) is 10.0 Å². The standard InChI is InChI=1S/C15H12BrN3O3S2/c16-11-2-1-3-12(7-11)19-24(20,21)13-6-10(8-23-13)15-18-17-14(22-15)9-4-5-9/h1-3,6-9,19H,4-5H2. The summed E-state index contributed by atoms with van der Waals surface area (Å²) in [6, 6.07) is 8.53. The molecular weight excluding hydrogens is 414 g/mol. The van der Waals surface area contributed by atoms with Crippen LogP contribution in [0.4, 0.5) is 5.69 Å². The molecule has 0 radical (unpaired) electrons. The SMILES string of the molecule is O=S(=O)(Nc1cccc(Br)c1)c1cc(-c2nnc(C3CC3)o2)cs1. The van der Waals surface area contributed by atoms with Crippen molar-refractivity contribution in [3.8, 4) is 11.5 Å². The fraction of sp³-hybridized carbons (Fsp3) is 0.200. The first-order valence-electron chi connectivity index (χ1n) is 7.22. The van der Waals surface area contributed by atoms with Crippen LogP contribution >= 0.6 is 27.3 Å². The molecule has 1 N–H and O–H groups in total. The lowest BCUT2D eigenvalue weighted by molar-refractivity contribution is 0.508. The molecule has 3 aromatic rings. The molecule has 0 bridgehead atoms. The molecule has 1 fully saturated rings. The Morgan fingerprint density at radius 3 is 2.83 bits per heavy atom. The van der Waals surface area contributed by atoms with E-state index in [1.807, 2.05) is 6.07 Å². The van der Waals surface area contributed by atoms with Crippen LogP contribution in [0.5, 0.6) is 0 Å². The van der Waals surface area contributed by atoms with E-state index in [0.29, 0.717) is 29.0 Å². The van der Waals surface area contributed by atoms with Crippen LogP contribution in [0, 0.1) is 0 Å². The lowest BCUT2D eigenvalue weighted by atomic mass is 10.3. The largest absolute Gasteiger partial charge is 0.420 e. The Morgan fingerprint density at radius 2 is 2.08 bits per heavy atom. The molecule has 0 unspecified atom stereocenters. The third-order valence-corrected chi connectivity index (χ3v) is 6.85. The summed E-state index contributed by atoms with van der Waals surface area (Å²) in [4.78, 5) is 0. The molecule has 9 heteroatoms. The number of anilines is 1. The molecule has 24 heavy (non-hydrogen) atoms. The molecule has 1 saturated carbocycles. The summed E-state index contributed by atoms with van der Waals surface area (Å²) in [5, 5.41) is 9.74. The zero-order chi connectivity index (χ0) is 16.7. The van der Waals surface area contributed by atoms with Crippen molar-refractivity contribution < 1.29 is 12.8 Å². The molecule has 2 aromatic heterocycles. The second-order valence-corrected chi connectivity index (χ2v) is 9.23. The van der Waals surface area contributed by atoms with Gasteiger partial charge in [-0.1, -0.05) is 22.0 Å². The number of hydrogen-bond donors (Lipinski definition) is 1. The Bertz CT molecular complexity index is 993. The highest BCUT2D eigenvalue weighted by molar-refractivity contribution is 9.10. The van der Waals surface area contributed by atoms with Gasteiger partial charge in [-0.3, -0.25) is 4.72 Å². The number of nitrogens with zero attached hydrogens (tertiary/aromatic N) is 2. The average molecular weight is 426 g/mol. The van der Waals surface area contributed by atoms with Crippen molar-refractivity contribution in [2.24, 2.45) is 0 Å². The van der Waals surface area contributed by atoms with Gasteiger partial charge in [-0.05, 0) is 37.1 Å². The Labute approximate surface area is 151 Å². The number of rotatable bonds is 5. The topological polar surface area (TPSA) is 85.1 Å². The maximum atomic E-state index is 12.5. The molecule has 0 spiro atoms. The zero-order valence-corrected chi connectivity index (χ0v) is 15.5. The Hall–Kier alpha value is -1.71. The number of thiophene rings is 1. The van der Waals surface area contributed by atoms with Crippen LogP contribution in [-0.4, -0.2) is 18.6 Å². The maximum Gasteiger partial charge on any atom is 0.271 e. The number of sulfonamides is 1. The van der Waals surface area contributed by atoms with Crippen molar-refractivity contribution in [1.82, 2.24) is 10.2 Å². The number of nitrogens with one attached hydrogen (secondary N) is 1. The summed E-state index contributed by atoms with van der Waals surface area (Å²) in [6.07, 6.45) is 2.14. The summed E-state index contributed by atoms with van der Waals surface area (Å²) >= 11 is 4.44. The summed E-state index contributed by atoms with van der Waals surface area (Å²) < 4.78 is 34.2. The highest BCUT2D eigenvalue weighted by Gasteiger charge is 2.30. The van der Waals surface area contributed by atoms with Crippen LogP contribution in [0.3, 0.4) is 0 Å². The van der Waals surface area contributed by atoms with Gasteiger partial charge in [0, 0.05) is 21.5 Å². The molecule has 1 aliphatic rings. The number of halogens is 1. The van der Waals surface area contributed by atoms with E-state index in [1.165, 1.54) is 0 Å². The summed E-state index contributed by atoms with van der Waals surface area (Å²) in [7, 11) is -3.66. The van der Waals surface area contributed by atoms with Crippen LogP contribution in [0.1, 0.15) is 24.7 Å². The lowest BCUT2D eigenvalue weighted by Gasteiger charge is -2.06. The van der Waals surface area contributed by atoms with E-state index in [0.717, 1.165) is 28.7 Å². The fourth-order valence-corrected chi connectivity index (χ4v) is 4.78. The van der Waals surface area contributed by atoms with Crippen molar-refractivity contribution in [3.05, 3.63) is 46.1 Å². The minimum atomic E-state index is -3.66. The van der Waals surface area contributed by atoms with Crippen LogP contribution < -0.4 is 4.72 Å². The fourth-order valence-electron chi connectivity index (χ4n) is 2.17. The van der Waals surface area contributed by atoms with E-state index in [1.54, 1.807) is 29.6 Å². The minimum absolute atomic E-state index is 0.198. The van der Waals surface area contributed by atoms with Gasteiger partial charge in [0.05, 0.1) is 5.56 Å². The van der Waals surface area contributed by atoms with Gasteiger partial charge in [0.15, 0.2) is 0 Å². The molecule has 0 saturated heterocycles. The van der Waals surface area contributed by atoms with Crippen LogP contribution in [0.15, 0.2) is 48.8 Å². The third kappa shape index (κ3) is 3.24. The van der Waals surface area contributed by atoms with Gasteiger partial charge in [0.1, 0.15) is 4.21 Å². The van der Waals surface area contributed by atoms with E-state index in [9.17, 15) is 8.42 Å². The van der Waals surface area contributed by atoms with Gasteiger partial charge in [-0.25, -0.2) is 8.42 Å². The van der Waals surface area contributed by atoms with E-state index in [-0.39, 0.29) is 4.21 Å². The maximum absolute atomic E-state index is 12.5. The summed E-state index contributed by atoms with van der Waals surface area (Å²) in [5.74, 6) is 1.36. The molecule has 1 aliphatic carbocycles. The quantitative estimate of drug-likeness (QED) is 0.660. The minimum Gasteiger partial charge on any atom is -0.420 e. The van der Waals surface area contributed by atoms with Crippen LogP contribution in [0.2, 0.25) is 0 Å². The predicted molar refractivity (Wildman–Crippen MR) is 94.5 cm³/mol. The Balaban J connectivity index is 1.58. The highest BCUT2D eigenvalue weighted by atomic mass is 79.9. The second-order valence-electron chi connectivity index (χ2n) is 5.49. The molecular formula is C15H12BrN3O3S2. The first-order chi connectivity index (χ1) is 11.5. The summed E-state index contributed by atoms with van der Waals surface area (Å²) in [5.41, 5.74) is 1.11. The molecule has 2 heterocycles. The molecule has 1 aromatic carbocycles. The van der Waals surface area contributed by atoms with Gasteiger partial charge in [0.2, 0.25) is 11.8 Å². The van der Waals surface area contributed by atoms with E-state index < -0.39 is 10.0 Å². The first kappa shape index (κ1) is 15.8. The predicted octanol–water partition coefficient (Wildman–Crippen LogP) is 4.24. The van der Waals surface area contributed by atoms with Crippen LogP contribution in [0.25, 0.3) is 11.5 Å². The zero-order valence-electron chi connectivity index (χ0n) is 12.3. The van der Waals surface area contributed by atoms with Crippen molar-refractivity contribution in [2.45, 2.75) is 23.0 Å². The number of benzene rings is 1. The highest BCUT2D eigenvalue weighted by Crippen LogP contribution is 2.40. The van der Waals surface area contributed by atoms with E-state index in [2.05, 4.69) is 30.8 Å². The molecule has 0 atom stereocenters. The lowest BCUT2D eigenvalue weighted by Crippen LogP contribution is -2.11. The van der Waals surface area contributed by atoms with Crippen molar-refractivity contribution >= 4 is 43.0 Å². The molecule has 0 amide bonds. The Kier molecular flexibility index (Phi) is 3.93. The first-order valence-corrected chi connectivity index (χ1v) is 10.4. The number of hydrogen-bond acceptors (Lipinski definition) is 6. The van der Waals surface area contributed by atoms with Crippen molar-refractivity contribution in [2.75, 3.05) is 4.72 Å². The van der Waals surface area contributed by atoms with Crippen LogP contribution in [-0.2, 0) is 10.0 Å². The Morgan fingerprint density at radius 1 is 1.25 bits per heavy atom. The van der Waals surface area contributed by atoms with Gasteiger partial charge in [-0.15, -0.1) is 21.5 Å². The molecule has 124 valence electrons. The molecule has 0 aliphatic heterocycles. The van der Waals surface area contributed by atoms with Crippen molar-refractivity contribution in [3.63, 3.8) is 0 Å². The van der Waals surface area contributed by atoms with Gasteiger partial charge < -0.3 is 4.42 Å². The average Bonchev–Trinajstić information content (AvgIpc) is 3.07. The van der Waals surface area contributed by atoms with E-state index >= 15 is 0 Å². The smallest absolute Gasteiger partial charge is 0.271 e. The van der Waals surface area contributed by atoms with Crippen molar-refractivity contribution in [1.29, 1.82) is 0 Å². The molecule has 4 rings (SSSR count). The van der Waals surface area contributed by atoms with Gasteiger partial charge in [-0.2, -0.15) is 0 Å². The number of aromatic nitrogens is 2. The third-order valence-electron chi connectivity index (χ3n) is 3.53. The van der Waals surface area contributed by atoms with E-state index in [4.69, 9.17) is 4.42 Å². The normalized spacial score (nSPS) is 14.7. The van der Waals surface area contributed by atoms with Gasteiger partial charge >= 0.3 is 0 Å². The molecule has 6 nitrogen and oxygen atoms in total.